The fourth-order valence-corrected chi connectivity index (χ4v) is 14.3. The van der Waals surface area contributed by atoms with Crippen molar-refractivity contribution in [2.75, 3.05) is 0 Å². The minimum atomic E-state index is 0. The quantitative estimate of drug-likeness (QED) is 0.0730. The topological polar surface area (TPSA) is 59.4 Å². The summed E-state index contributed by atoms with van der Waals surface area (Å²) in [5.41, 5.74) is 15.4. The van der Waals surface area contributed by atoms with Gasteiger partial charge in [-0.25, -0.2) is 0 Å². The molecule has 9 rings (SSSR count). The Kier molecular flexibility index (Phi) is 30.2. The van der Waals surface area contributed by atoms with Crippen LogP contribution in [0.25, 0.3) is 10.6 Å². The van der Waals surface area contributed by atoms with Crippen LogP contribution in [0.1, 0.15) is 331 Å². The summed E-state index contributed by atoms with van der Waals surface area (Å²) in [6.45, 7) is 36.9. The third-order valence-corrected chi connectivity index (χ3v) is 19.2. The average Bonchev–Trinajstić information content (AvgIpc) is 1.49. The van der Waals surface area contributed by atoms with Gasteiger partial charge in [0, 0.05) is 11.9 Å². The van der Waals surface area contributed by atoms with E-state index in [0.717, 1.165) is 34.7 Å². The van der Waals surface area contributed by atoms with E-state index < -0.39 is 0 Å². The number of guanidine groups is 2. The van der Waals surface area contributed by atoms with E-state index in [9.17, 15) is 0 Å². The van der Waals surface area contributed by atoms with Crippen molar-refractivity contribution in [3.05, 3.63) is 164 Å². The second-order valence-electron chi connectivity index (χ2n) is 28.6. The molecule has 1 radical (unpaired) electrons. The number of rotatable bonds is 16. The van der Waals surface area contributed by atoms with Gasteiger partial charge in [0.2, 0.25) is 0 Å². The van der Waals surface area contributed by atoms with Gasteiger partial charge in [0.15, 0.2) is 0 Å². The fraction of sp³-hybridized carbons (Fsp3) is 0.600. The summed E-state index contributed by atoms with van der Waals surface area (Å²) in [6, 6.07) is 41.4. The van der Waals surface area contributed by atoms with E-state index in [2.05, 4.69) is 193 Å². The minimum absolute atomic E-state index is 0. The second kappa shape index (κ2) is 36.3. The maximum Gasteiger partial charge on any atom is 2.00 e. The number of aliphatic imine (C=N–C) groups is 2. The van der Waals surface area contributed by atoms with Gasteiger partial charge in [0.1, 0.15) is 0 Å². The summed E-state index contributed by atoms with van der Waals surface area (Å²) in [4.78, 5) is 16.9. The molecule has 475 valence electrons. The van der Waals surface area contributed by atoms with Crippen LogP contribution in [0, 0.1) is 49.4 Å². The van der Waals surface area contributed by atoms with Crippen molar-refractivity contribution in [3.8, 4) is 0 Å². The zero-order valence-corrected chi connectivity index (χ0v) is 59.9. The predicted octanol–water partition coefficient (Wildman–Crippen LogP) is 25.4. The Bertz CT molecular complexity index is 2500. The third-order valence-electron chi connectivity index (χ3n) is 19.2. The molecule has 0 aliphatic heterocycles. The Balaban J connectivity index is 0.000000250. The molecule has 4 saturated carbocycles. The van der Waals surface area contributed by atoms with Crippen LogP contribution in [0.3, 0.4) is 0 Å². The van der Waals surface area contributed by atoms with Crippen LogP contribution < -0.4 is 0 Å². The van der Waals surface area contributed by atoms with Crippen molar-refractivity contribution in [2.24, 2.45) is 9.98 Å². The molecule has 6 nitrogen and oxygen atoms in total. The van der Waals surface area contributed by atoms with E-state index in [4.69, 9.17) is 20.6 Å². The van der Waals surface area contributed by atoms with Crippen molar-refractivity contribution >= 4 is 34.7 Å². The molecule has 0 heterocycles. The minimum Gasteiger partial charge on any atom is -0.420 e. The first-order chi connectivity index (χ1) is 41.4. The molecule has 0 amide bonds. The molecular formula is C80H118EuN6. The maximum atomic E-state index is 5.72. The number of nitrogens with zero attached hydrogens (tertiary/aromatic N) is 6. The van der Waals surface area contributed by atoms with Crippen LogP contribution in [0.5, 0.6) is 0 Å². The van der Waals surface area contributed by atoms with Crippen molar-refractivity contribution in [2.45, 2.75) is 311 Å². The molecule has 4 aliphatic rings. The van der Waals surface area contributed by atoms with Crippen molar-refractivity contribution in [1.82, 2.24) is 9.80 Å². The molecule has 4 aliphatic carbocycles. The molecule has 4 fully saturated rings. The van der Waals surface area contributed by atoms with Crippen molar-refractivity contribution < 1.29 is 49.4 Å². The molecule has 0 aromatic heterocycles. The first-order valence-electron chi connectivity index (χ1n) is 35.1. The SMILES string of the molecule is CC(C)c1cccc(C(C)C)c1N=C([N-]c1c(C(C)C)cccc1C(C)C)N(C1CCCCC1)C1CCCCC1.CC(C)c1cccc(C(C)C)c1N=C([N-]c1c(C(C)C)cccc1C(C)C)N(C1CCCCC1)C1CCCCC1.[Eu+2].c1ccccc1. The monoisotopic (exact) mass is 1320 g/mol. The molecule has 0 spiro atoms. The zero-order valence-electron chi connectivity index (χ0n) is 57.5. The van der Waals surface area contributed by atoms with E-state index in [0.29, 0.717) is 71.5 Å². The number of para-hydroxylation sites is 4. The molecule has 0 unspecified atom stereocenters. The van der Waals surface area contributed by atoms with Crippen LogP contribution in [-0.2, 0) is 0 Å². The summed E-state index contributed by atoms with van der Waals surface area (Å²) >= 11 is 0. The summed E-state index contributed by atoms with van der Waals surface area (Å²) in [5, 5.41) is 11.4. The summed E-state index contributed by atoms with van der Waals surface area (Å²) in [5.74, 6) is 5.22. The van der Waals surface area contributed by atoms with E-state index in [1.54, 1.807) is 0 Å². The Morgan fingerprint density at radius 3 is 0.655 bits per heavy atom. The van der Waals surface area contributed by atoms with Gasteiger partial charge in [-0.3, -0.25) is 0 Å². The Labute approximate surface area is 573 Å². The number of benzene rings is 5. The summed E-state index contributed by atoms with van der Waals surface area (Å²) in [6.07, 6.45) is 26.1. The smallest absolute Gasteiger partial charge is 0.420 e. The van der Waals surface area contributed by atoms with Gasteiger partial charge in [0.25, 0.3) is 0 Å². The molecule has 5 aromatic carbocycles. The van der Waals surface area contributed by atoms with Gasteiger partial charge in [-0.1, -0.05) is 297 Å². The van der Waals surface area contributed by atoms with Crippen LogP contribution in [0.2, 0.25) is 0 Å². The Hall–Kier alpha value is -3.78. The van der Waals surface area contributed by atoms with E-state index >= 15 is 0 Å². The number of hydrogen-bond acceptors (Lipinski definition) is 2. The van der Waals surface area contributed by atoms with Crippen LogP contribution in [0.4, 0.5) is 22.7 Å². The molecule has 0 N–H and O–H groups in total. The average molecular weight is 1320 g/mol. The molecular weight excluding hydrogens is 1200 g/mol. The molecule has 5 aromatic rings. The number of hydrogen-bond donors (Lipinski definition) is 0. The van der Waals surface area contributed by atoms with Crippen LogP contribution in [0.15, 0.2) is 119 Å². The normalized spacial score (nSPS) is 17.0. The van der Waals surface area contributed by atoms with E-state index in [1.807, 2.05) is 36.4 Å². The standard InChI is InChI=1S/2C37H56N3.C6H6.Eu/c2*1-25(2)31-21-15-22-32(26(3)4)35(31)38-37(39-36-33(27(5)6)23-16-24-34(36)28(7)8)40(29-17-11-9-12-18-29)30-19-13-10-14-20-30;1-2-4-6-5-3-1;/h2*15-16,21-30H,9-14,17-20H2,1-8H3;1-6H;/q2*-1;;+2. The second-order valence-corrected chi connectivity index (χ2v) is 28.6. The van der Waals surface area contributed by atoms with Crippen molar-refractivity contribution in [3.63, 3.8) is 0 Å². The Morgan fingerprint density at radius 2 is 0.471 bits per heavy atom. The predicted molar refractivity (Wildman–Crippen MR) is 376 cm³/mol. The van der Waals surface area contributed by atoms with Gasteiger partial charge >= 0.3 is 49.4 Å². The first kappa shape index (κ1) is 72.3. The summed E-state index contributed by atoms with van der Waals surface area (Å²) in [7, 11) is 0. The largest absolute Gasteiger partial charge is 2.00 e. The Morgan fingerprint density at radius 1 is 0.287 bits per heavy atom. The zero-order chi connectivity index (χ0) is 61.9. The van der Waals surface area contributed by atoms with Gasteiger partial charge in [-0.05, 0) is 190 Å². The van der Waals surface area contributed by atoms with E-state index in [-0.39, 0.29) is 49.4 Å². The molecule has 0 bridgehead atoms. The first-order valence-corrected chi connectivity index (χ1v) is 35.1. The van der Waals surface area contributed by atoms with E-state index in [1.165, 1.54) is 173 Å². The third kappa shape index (κ3) is 20.1. The maximum absolute atomic E-state index is 5.72. The fourth-order valence-electron chi connectivity index (χ4n) is 14.3. The molecule has 87 heavy (non-hydrogen) atoms. The molecule has 0 atom stereocenters. The van der Waals surface area contributed by atoms with Crippen LogP contribution >= 0.6 is 0 Å². The molecule has 7 heteroatoms. The van der Waals surface area contributed by atoms with Gasteiger partial charge in [0.05, 0.1) is 0 Å². The summed E-state index contributed by atoms with van der Waals surface area (Å²) < 4.78 is 0. The van der Waals surface area contributed by atoms with Crippen molar-refractivity contribution in [1.29, 1.82) is 0 Å². The molecule has 0 saturated heterocycles. The van der Waals surface area contributed by atoms with Gasteiger partial charge < -0.3 is 30.4 Å². The van der Waals surface area contributed by atoms with Crippen LogP contribution in [-0.4, -0.2) is 45.9 Å². The van der Waals surface area contributed by atoms with Gasteiger partial charge in [-0.2, -0.15) is 0 Å². The van der Waals surface area contributed by atoms with Gasteiger partial charge in [-0.15, -0.1) is 0 Å².